The molecule has 23 heavy (non-hydrogen) atoms. The summed E-state index contributed by atoms with van der Waals surface area (Å²) in [6.07, 6.45) is 4.09. The Labute approximate surface area is 141 Å². The lowest BCUT2D eigenvalue weighted by atomic mass is 9.97. The van der Waals surface area contributed by atoms with Crippen molar-refractivity contribution in [3.63, 3.8) is 0 Å². The van der Waals surface area contributed by atoms with Crippen LogP contribution in [0.3, 0.4) is 0 Å². The van der Waals surface area contributed by atoms with E-state index < -0.39 is 0 Å². The Bertz CT molecular complexity index is 566. The van der Waals surface area contributed by atoms with Crippen molar-refractivity contribution in [2.24, 2.45) is 5.92 Å². The highest BCUT2D eigenvalue weighted by Crippen LogP contribution is 2.22. The molecule has 3 rings (SSSR count). The Balaban J connectivity index is 1.51. The van der Waals surface area contributed by atoms with Gasteiger partial charge in [-0.05, 0) is 62.1 Å². The zero-order valence-electron chi connectivity index (χ0n) is 13.6. The van der Waals surface area contributed by atoms with Crippen LogP contribution < -0.4 is 10.6 Å². The first-order valence-electron chi connectivity index (χ1n) is 8.49. The number of thiophene rings is 1. The number of carbonyl (C=O) groups excluding carboxylic acids is 2. The topological polar surface area (TPSA) is 61.4 Å². The summed E-state index contributed by atoms with van der Waals surface area (Å²) in [6, 6.07) is 1.97. The molecule has 2 fully saturated rings. The maximum Gasteiger partial charge on any atom is 0.264 e. The Morgan fingerprint density at radius 1 is 1.39 bits per heavy atom. The fraction of sp³-hybridized carbons (Fsp3) is 0.647. The van der Waals surface area contributed by atoms with Crippen molar-refractivity contribution >= 4 is 23.2 Å². The minimum absolute atomic E-state index is 0.0231. The Morgan fingerprint density at radius 3 is 2.96 bits per heavy atom. The summed E-state index contributed by atoms with van der Waals surface area (Å²) in [4.78, 5) is 27.5. The summed E-state index contributed by atoms with van der Waals surface area (Å²) in [5.74, 6) is 0.615. The SMILES string of the molecule is Cc1ccsc1C(=O)N1CCC[C@H](CNC(=O)[C@H]2CCCN2)C1. The van der Waals surface area contributed by atoms with Gasteiger partial charge in [0, 0.05) is 19.6 Å². The standard InChI is InChI=1S/C17H25N3O2S/c1-12-6-9-23-15(12)17(22)20-8-3-4-13(11-20)10-19-16(21)14-5-2-7-18-14/h6,9,13-14,18H,2-5,7-8,10-11H2,1H3,(H,19,21)/t13-,14-/m1/s1. The largest absolute Gasteiger partial charge is 0.354 e. The number of nitrogens with one attached hydrogen (secondary N) is 2. The van der Waals surface area contributed by atoms with Gasteiger partial charge in [0.25, 0.3) is 5.91 Å². The molecule has 5 nitrogen and oxygen atoms in total. The predicted molar refractivity (Wildman–Crippen MR) is 91.7 cm³/mol. The third-order valence-corrected chi connectivity index (χ3v) is 5.81. The fourth-order valence-electron chi connectivity index (χ4n) is 3.43. The van der Waals surface area contributed by atoms with E-state index in [1.807, 2.05) is 23.3 Å². The van der Waals surface area contributed by atoms with Crippen molar-refractivity contribution in [1.82, 2.24) is 15.5 Å². The van der Waals surface area contributed by atoms with Crippen LogP contribution in [-0.2, 0) is 4.79 Å². The lowest BCUT2D eigenvalue weighted by molar-refractivity contribution is -0.123. The Morgan fingerprint density at radius 2 is 2.26 bits per heavy atom. The van der Waals surface area contributed by atoms with Gasteiger partial charge in [0.15, 0.2) is 0 Å². The maximum absolute atomic E-state index is 12.6. The van der Waals surface area contributed by atoms with Gasteiger partial charge in [-0.15, -0.1) is 11.3 Å². The van der Waals surface area contributed by atoms with Crippen LogP contribution in [0.5, 0.6) is 0 Å². The summed E-state index contributed by atoms with van der Waals surface area (Å²) in [7, 11) is 0. The smallest absolute Gasteiger partial charge is 0.264 e. The van der Waals surface area contributed by atoms with E-state index in [0.717, 1.165) is 55.8 Å². The number of amides is 2. The van der Waals surface area contributed by atoms with Crippen molar-refractivity contribution in [2.45, 2.75) is 38.6 Å². The van der Waals surface area contributed by atoms with Gasteiger partial charge in [-0.3, -0.25) is 9.59 Å². The molecule has 6 heteroatoms. The maximum atomic E-state index is 12.6. The quantitative estimate of drug-likeness (QED) is 0.882. The Kier molecular flexibility index (Phi) is 5.33. The molecule has 0 spiro atoms. The van der Waals surface area contributed by atoms with Gasteiger partial charge in [0.1, 0.15) is 0 Å². The highest BCUT2D eigenvalue weighted by atomic mass is 32.1. The summed E-state index contributed by atoms with van der Waals surface area (Å²) in [5.41, 5.74) is 1.06. The summed E-state index contributed by atoms with van der Waals surface area (Å²) >= 11 is 1.52. The number of nitrogens with zero attached hydrogens (tertiary/aromatic N) is 1. The lowest BCUT2D eigenvalue weighted by Gasteiger charge is -2.33. The number of hydrogen-bond acceptors (Lipinski definition) is 4. The molecule has 0 aromatic carbocycles. The monoisotopic (exact) mass is 335 g/mol. The number of aryl methyl sites for hydroxylation is 1. The summed E-state index contributed by atoms with van der Waals surface area (Å²) in [5, 5.41) is 8.25. The zero-order chi connectivity index (χ0) is 16.2. The number of rotatable bonds is 4. The minimum atomic E-state index is -0.0231. The second kappa shape index (κ2) is 7.45. The molecular formula is C17H25N3O2S. The molecule has 0 radical (unpaired) electrons. The van der Waals surface area contributed by atoms with Crippen molar-refractivity contribution in [3.8, 4) is 0 Å². The molecular weight excluding hydrogens is 310 g/mol. The average molecular weight is 335 g/mol. The molecule has 0 unspecified atom stereocenters. The molecule has 2 aliphatic heterocycles. The molecule has 2 amide bonds. The third-order valence-electron chi connectivity index (χ3n) is 4.80. The van der Waals surface area contributed by atoms with E-state index in [2.05, 4.69) is 10.6 Å². The van der Waals surface area contributed by atoms with Crippen molar-refractivity contribution in [3.05, 3.63) is 21.9 Å². The molecule has 1 aromatic heterocycles. The second-order valence-corrected chi connectivity index (χ2v) is 7.50. The van der Waals surface area contributed by atoms with E-state index in [0.29, 0.717) is 12.5 Å². The summed E-state index contributed by atoms with van der Waals surface area (Å²) < 4.78 is 0. The number of hydrogen-bond donors (Lipinski definition) is 2. The van der Waals surface area contributed by atoms with Crippen molar-refractivity contribution < 1.29 is 9.59 Å². The van der Waals surface area contributed by atoms with E-state index in [-0.39, 0.29) is 17.9 Å². The van der Waals surface area contributed by atoms with Gasteiger partial charge >= 0.3 is 0 Å². The van der Waals surface area contributed by atoms with Crippen molar-refractivity contribution in [1.29, 1.82) is 0 Å². The van der Waals surface area contributed by atoms with Crippen LogP contribution in [0, 0.1) is 12.8 Å². The highest BCUT2D eigenvalue weighted by Gasteiger charge is 2.27. The number of carbonyl (C=O) groups is 2. The van der Waals surface area contributed by atoms with E-state index in [1.54, 1.807) is 0 Å². The van der Waals surface area contributed by atoms with Crippen LogP contribution in [0.1, 0.15) is 40.9 Å². The molecule has 126 valence electrons. The molecule has 0 saturated carbocycles. The highest BCUT2D eigenvalue weighted by molar-refractivity contribution is 7.12. The molecule has 1 aromatic rings. The first-order valence-corrected chi connectivity index (χ1v) is 9.37. The van der Waals surface area contributed by atoms with Crippen LogP contribution in [0.4, 0.5) is 0 Å². The third kappa shape index (κ3) is 3.93. The number of likely N-dealkylation sites (tertiary alicyclic amines) is 1. The van der Waals surface area contributed by atoms with Gasteiger partial charge in [0.05, 0.1) is 10.9 Å². The van der Waals surface area contributed by atoms with E-state index in [9.17, 15) is 9.59 Å². The molecule has 2 aliphatic rings. The molecule has 3 heterocycles. The Hall–Kier alpha value is -1.40. The van der Waals surface area contributed by atoms with Crippen LogP contribution in [0.2, 0.25) is 0 Å². The zero-order valence-corrected chi connectivity index (χ0v) is 14.5. The molecule has 2 N–H and O–H groups in total. The summed E-state index contributed by atoms with van der Waals surface area (Å²) in [6.45, 7) is 5.16. The van der Waals surface area contributed by atoms with E-state index in [4.69, 9.17) is 0 Å². The van der Waals surface area contributed by atoms with Gasteiger partial charge in [0.2, 0.25) is 5.91 Å². The fourth-order valence-corrected chi connectivity index (χ4v) is 4.32. The van der Waals surface area contributed by atoms with Crippen LogP contribution in [-0.4, -0.2) is 48.9 Å². The van der Waals surface area contributed by atoms with Gasteiger partial charge < -0.3 is 15.5 Å². The molecule has 2 atom stereocenters. The minimum Gasteiger partial charge on any atom is -0.354 e. The second-order valence-electron chi connectivity index (χ2n) is 6.59. The van der Waals surface area contributed by atoms with Gasteiger partial charge in [-0.2, -0.15) is 0 Å². The normalized spacial score (nSPS) is 24.7. The van der Waals surface area contributed by atoms with Gasteiger partial charge in [-0.25, -0.2) is 0 Å². The van der Waals surface area contributed by atoms with Gasteiger partial charge in [-0.1, -0.05) is 0 Å². The lowest BCUT2D eigenvalue weighted by Crippen LogP contribution is -2.46. The molecule has 0 bridgehead atoms. The first kappa shape index (κ1) is 16.5. The first-order chi connectivity index (χ1) is 11.1. The van der Waals surface area contributed by atoms with Crippen LogP contribution in [0.25, 0.3) is 0 Å². The molecule has 0 aliphatic carbocycles. The van der Waals surface area contributed by atoms with Crippen LogP contribution >= 0.6 is 11.3 Å². The van der Waals surface area contributed by atoms with E-state index >= 15 is 0 Å². The average Bonchev–Trinajstić information content (AvgIpc) is 3.23. The van der Waals surface area contributed by atoms with E-state index in [1.165, 1.54) is 11.3 Å². The number of piperidine rings is 1. The predicted octanol–water partition coefficient (Wildman–Crippen LogP) is 1.78. The van der Waals surface area contributed by atoms with Crippen molar-refractivity contribution in [2.75, 3.05) is 26.2 Å². The van der Waals surface area contributed by atoms with Crippen LogP contribution in [0.15, 0.2) is 11.4 Å². The molecule has 2 saturated heterocycles.